The van der Waals surface area contributed by atoms with Gasteiger partial charge in [0.2, 0.25) is 0 Å². The summed E-state index contributed by atoms with van der Waals surface area (Å²) in [5.41, 5.74) is -2.40. The van der Waals surface area contributed by atoms with Crippen LogP contribution >= 0.6 is 0 Å². The van der Waals surface area contributed by atoms with Gasteiger partial charge in [-0.3, -0.25) is 4.79 Å². The number of Topliss-reactive ketones (excluding diaryl/α,β-unsaturated/α-hetero) is 1. The average Bonchev–Trinajstić information content (AvgIpc) is 2.80. The molecule has 0 unspecified atom stereocenters. The Morgan fingerprint density at radius 1 is 0.686 bits per heavy atom. The van der Waals surface area contributed by atoms with Gasteiger partial charge in [0, 0.05) is 16.7 Å². The first-order valence-corrected chi connectivity index (χ1v) is 10.4. The van der Waals surface area contributed by atoms with E-state index in [2.05, 4.69) is 11.8 Å². The van der Waals surface area contributed by atoms with Crippen LogP contribution in [0.1, 0.15) is 39.5 Å². The Bertz CT molecular complexity index is 1500. The largest absolute Gasteiger partial charge is 0.417 e. The summed E-state index contributed by atoms with van der Waals surface area (Å²) in [6.07, 6.45) is -9.34. The number of carbonyl (C=O) groups is 1. The lowest BCUT2D eigenvalue weighted by Gasteiger charge is -2.17. The van der Waals surface area contributed by atoms with Crippen LogP contribution in [0.2, 0.25) is 0 Å². The number of fused-ring (bicyclic) bond motifs is 1. The number of carbonyl (C=O) groups excluding carboxylic acids is 1. The zero-order valence-corrected chi connectivity index (χ0v) is 18.2. The number of benzene rings is 4. The molecular weight excluding hydrogens is 466 g/mol. The van der Waals surface area contributed by atoms with Gasteiger partial charge in [-0.25, -0.2) is 0 Å². The van der Waals surface area contributed by atoms with E-state index >= 15 is 0 Å². The Labute approximate surface area is 197 Å². The van der Waals surface area contributed by atoms with E-state index in [0.29, 0.717) is 10.8 Å². The molecule has 0 atom stereocenters. The normalized spacial score (nSPS) is 11.7. The summed E-state index contributed by atoms with van der Waals surface area (Å²) in [5, 5.41) is 0.945. The third-order valence-electron chi connectivity index (χ3n) is 5.48. The van der Waals surface area contributed by atoms with E-state index < -0.39 is 29.3 Å². The summed E-state index contributed by atoms with van der Waals surface area (Å²) in [4.78, 5) is 12.8. The first kappa shape index (κ1) is 24.1. The summed E-state index contributed by atoms with van der Waals surface area (Å²) in [7, 11) is 0. The molecule has 0 bridgehead atoms. The standard InChI is InChI=1S/C28H16F6O/c1-17(35)26-22(15-14-18-8-3-6-12-24(18)27(29,30)31)20-10-4-2-9-19(20)16-23(26)21-11-5-7-13-25(21)28(32,33)34/h2-13,16H,1H3. The van der Waals surface area contributed by atoms with Crippen molar-refractivity contribution in [1.82, 2.24) is 0 Å². The van der Waals surface area contributed by atoms with Crippen LogP contribution in [-0.2, 0) is 12.4 Å². The number of rotatable bonds is 2. The van der Waals surface area contributed by atoms with Crippen molar-refractivity contribution in [3.8, 4) is 23.0 Å². The SMILES string of the molecule is CC(=O)c1c(-c2ccccc2C(F)(F)F)cc2ccccc2c1C#Cc1ccccc1C(F)(F)F. The Morgan fingerprint density at radius 2 is 1.26 bits per heavy atom. The molecule has 7 heteroatoms. The molecule has 0 saturated heterocycles. The van der Waals surface area contributed by atoms with Crippen molar-refractivity contribution in [2.45, 2.75) is 19.3 Å². The molecule has 4 aromatic carbocycles. The molecular formula is C28H16F6O. The van der Waals surface area contributed by atoms with Crippen molar-refractivity contribution < 1.29 is 31.1 Å². The fourth-order valence-electron chi connectivity index (χ4n) is 3.99. The van der Waals surface area contributed by atoms with E-state index in [1.807, 2.05) is 0 Å². The maximum Gasteiger partial charge on any atom is 0.417 e. The molecule has 0 aromatic heterocycles. The van der Waals surface area contributed by atoms with Crippen LogP contribution in [0.15, 0.2) is 78.9 Å². The van der Waals surface area contributed by atoms with Gasteiger partial charge in [0.1, 0.15) is 0 Å². The molecule has 4 rings (SSSR count). The van der Waals surface area contributed by atoms with Crippen molar-refractivity contribution in [3.63, 3.8) is 0 Å². The average molecular weight is 482 g/mol. The summed E-state index contributed by atoms with van der Waals surface area (Å²) in [6, 6.07) is 17.7. The fourth-order valence-corrected chi connectivity index (χ4v) is 3.99. The Hall–Kier alpha value is -4.05. The second kappa shape index (κ2) is 8.95. The van der Waals surface area contributed by atoms with Gasteiger partial charge in [-0.2, -0.15) is 26.3 Å². The molecule has 0 aliphatic rings. The van der Waals surface area contributed by atoms with E-state index in [4.69, 9.17) is 0 Å². The van der Waals surface area contributed by atoms with Gasteiger partial charge in [-0.1, -0.05) is 66.4 Å². The van der Waals surface area contributed by atoms with E-state index in [-0.39, 0.29) is 27.8 Å². The van der Waals surface area contributed by atoms with E-state index in [1.165, 1.54) is 49.4 Å². The second-order valence-electron chi connectivity index (χ2n) is 7.79. The minimum absolute atomic E-state index is 0.0116. The van der Waals surface area contributed by atoms with Gasteiger partial charge in [0.25, 0.3) is 0 Å². The molecule has 0 saturated carbocycles. The molecule has 0 amide bonds. The quantitative estimate of drug-likeness (QED) is 0.160. The van der Waals surface area contributed by atoms with Crippen molar-refractivity contribution in [1.29, 1.82) is 0 Å². The lowest BCUT2D eigenvalue weighted by molar-refractivity contribution is -0.138. The summed E-state index contributed by atoms with van der Waals surface area (Å²) < 4.78 is 81.7. The molecule has 176 valence electrons. The molecule has 0 aliphatic carbocycles. The maximum atomic E-state index is 13.8. The van der Waals surface area contributed by atoms with Crippen molar-refractivity contribution >= 4 is 16.6 Å². The van der Waals surface area contributed by atoms with Gasteiger partial charge in [0.05, 0.1) is 11.1 Å². The summed E-state index contributed by atoms with van der Waals surface area (Å²) in [5.74, 6) is 4.63. The van der Waals surface area contributed by atoms with Gasteiger partial charge in [-0.15, -0.1) is 0 Å². The highest BCUT2D eigenvalue weighted by atomic mass is 19.4. The van der Waals surface area contributed by atoms with Gasteiger partial charge < -0.3 is 0 Å². The lowest BCUT2D eigenvalue weighted by Crippen LogP contribution is -2.09. The smallest absolute Gasteiger partial charge is 0.294 e. The first-order valence-electron chi connectivity index (χ1n) is 10.4. The third-order valence-corrected chi connectivity index (χ3v) is 5.48. The van der Waals surface area contributed by atoms with Crippen LogP contribution in [0.25, 0.3) is 21.9 Å². The van der Waals surface area contributed by atoms with Gasteiger partial charge in [-0.05, 0) is 53.1 Å². The fraction of sp³-hybridized carbons (Fsp3) is 0.107. The minimum atomic E-state index is -4.69. The van der Waals surface area contributed by atoms with Crippen molar-refractivity contribution in [3.05, 3.63) is 107 Å². The van der Waals surface area contributed by atoms with Crippen LogP contribution in [0.4, 0.5) is 26.3 Å². The number of ketones is 1. The molecule has 35 heavy (non-hydrogen) atoms. The highest BCUT2D eigenvalue weighted by molar-refractivity contribution is 6.10. The monoisotopic (exact) mass is 482 g/mol. The van der Waals surface area contributed by atoms with E-state index in [1.54, 1.807) is 24.3 Å². The van der Waals surface area contributed by atoms with E-state index in [9.17, 15) is 31.1 Å². The molecule has 0 N–H and O–H groups in total. The predicted octanol–water partition coefficient (Wildman–Crippen LogP) is 8.15. The van der Waals surface area contributed by atoms with E-state index in [0.717, 1.165) is 12.1 Å². The number of halogens is 6. The van der Waals surface area contributed by atoms with Crippen molar-refractivity contribution in [2.24, 2.45) is 0 Å². The lowest BCUT2D eigenvalue weighted by atomic mass is 9.87. The number of hydrogen-bond donors (Lipinski definition) is 0. The molecule has 0 spiro atoms. The maximum absolute atomic E-state index is 13.8. The van der Waals surface area contributed by atoms with Crippen LogP contribution in [0.5, 0.6) is 0 Å². The van der Waals surface area contributed by atoms with Crippen LogP contribution in [-0.4, -0.2) is 5.78 Å². The first-order chi connectivity index (χ1) is 16.5. The number of hydrogen-bond acceptors (Lipinski definition) is 1. The molecule has 0 radical (unpaired) electrons. The van der Waals surface area contributed by atoms with Crippen LogP contribution < -0.4 is 0 Å². The second-order valence-corrected chi connectivity index (χ2v) is 7.79. The highest BCUT2D eigenvalue weighted by Crippen LogP contribution is 2.41. The third kappa shape index (κ3) is 4.78. The Kier molecular flexibility index (Phi) is 6.16. The van der Waals surface area contributed by atoms with Gasteiger partial charge in [0.15, 0.2) is 5.78 Å². The molecule has 0 heterocycles. The Balaban J connectivity index is 2.08. The topological polar surface area (TPSA) is 17.1 Å². The number of alkyl halides is 6. The zero-order chi connectivity index (χ0) is 25.4. The molecule has 4 aromatic rings. The van der Waals surface area contributed by atoms with Crippen molar-refractivity contribution in [2.75, 3.05) is 0 Å². The Morgan fingerprint density at radius 3 is 1.91 bits per heavy atom. The molecule has 0 fully saturated rings. The van der Waals surface area contributed by atoms with Crippen LogP contribution in [0.3, 0.4) is 0 Å². The van der Waals surface area contributed by atoms with Crippen LogP contribution in [0, 0.1) is 11.8 Å². The van der Waals surface area contributed by atoms with Gasteiger partial charge >= 0.3 is 12.4 Å². The highest BCUT2D eigenvalue weighted by Gasteiger charge is 2.35. The molecule has 0 aliphatic heterocycles. The summed E-state index contributed by atoms with van der Waals surface area (Å²) >= 11 is 0. The molecule has 1 nitrogen and oxygen atoms in total. The predicted molar refractivity (Wildman–Crippen MR) is 122 cm³/mol. The minimum Gasteiger partial charge on any atom is -0.294 e. The zero-order valence-electron chi connectivity index (χ0n) is 18.2. The summed E-state index contributed by atoms with van der Waals surface area (Å²) in [6.45, 7) is 1.19.